The zero-order valence-corrected chi connectivity index (χ0v) is 11.7. The van der Waals surface area contributed by atoms with Crippen LogP contribution in [0.25, 0.3) is 0 Å². The van der Waals surface area contributed by atoms with Gasteiger partial charge in [-0.05, 0) is 42.7 Å². The lowest BCUT2D eigenvalue weighted by Gasteiger charge is -2.24. The molecule has 0 saturated carbocycles. The van der Waals surface area contributed by atoms with E-state index in [0.717, 1.165) is 18.4 Å². The molecular weight excluding hydrogens is 289 g/mol. The van der Waals surface area contributed by atoms with Crippen LogP contribution in [0.3, 0.4) is 0 Å². The summed E-state index contributed by atoms with van der Waals surface area (Å²) in [7, 11) is 0. The van der Waals surface area contributed by atoms with E-state index in [9.17, 15) is 14.0 Å². The number of hydrogen-bond acceptors (Lipinski definition) is 3. The van der Waals surface area contributed by atoms with E-state index < -0.39 is 5.97 Å². The molecule has 3 rings (SSSR count). The first kappa shape index (κ1) is 14.3. The largest absolute Gasteiger partial charge is 0.475 e. The number of furan rings is 1. The molecular formula is C16H14FNO4. The van der Waals surface area contributed by atoms with E-state index in [1.807, 2.05) is 0 Å². The third-order valence-corrected chi connectivity index (χ3v) is 3.77. The molecule has 2 aromatic rings. The van der Waals surface area contributed by atoms with Gasteiger partial charge < -0.3 is 14.4 Å². The van der Waals surface area contributed by atoms with Gasteiger partial charge in [0, 0.05) is 6.54 Å². The van der Waals surface area contributed by atoms with Crippen LogP contribution in [0.5, 0.6) is 0 Å². The maximum atomic E-state index is 13.4. The highest BCUT2D eigenvalue weighted by Crippen LogP contribution is 2.33. The average molecular weight is 303 g/mol. The van der Waals surface area contributed by atoms with Crippen molar-refractivity contribution in [2.45, 2.75) is 18.9 Å². The molecule has 0 unspecified atom stereocenters. The number of carboxylic acid groups (broad SMARTS) is 1. The Hall–Kier alpha value is -2.63. The Morgan fingerprint density at radius 3 is 2.68 bits per heavy atom. The topological polar surface area (TPSA) is 70.8 Å². The van der Waals surface area contributed by atoms with Crippen molar-refractivity contribution in [3.8, 4) is 0 Å². The van der Waals surface area contributed by atoms with Gasteiger partial charge in [-0.1, -0.05) is 12.1 Å². The summed E-state index contributed by atoms with van der Waals surface area (Å²) in [5.41, 5.74) is 0.732. The second kappa shape index (κ2) is 5.63. The first-order chi connectivity index (χ1) is 10.6. The van der Waals surface area contributed by atoms with Crippen LogP contribution in [0, 0.1) is 5.82 Å². The van der Waals surface area contributed by atoms with Crippen LogP contribution in [-0.4, -0.2) is 28.4 Å². The van der Waals surface area contributed by atoms with Crippen LogP contribution in [0.15, 0.2) is 40.8 Å². The number of aromatic carboxylic acids is 1. The molecule has 0 bridgehead atoms. The van der Waals surface area contributed by atoms with Crippen LogP contribution < -0.4 is 0 Å². The van der Waals surface area contributed by atoms with Gasteiger partial charge in [-0.15, -0.1) is 0 Å². The monoisotopic (exact) mass is 303 g/mol. The fourth-order valence-corrected chi connectivity index (χ4v) is 2.78. The van der Waals surface area contributed by atoms with Gasteiger partial charge in [0.25, 0.3) is 5.91 Å². The Morgan fingerprint density at radius 2 is 2.00 bits per heavy atom. The molecule has 22 heavy (non-hydrogen) atoms. The number of hydrogen-bond donors (Lipinski definition) is 1. The normalized spacial score (nSPS) is 17.7. The number of carbonyl (C=O) groups excluding carboxylic acids is 1. The van der Waals surface area contributed by atoms with Crippen LogP contribution >= 0.6 is 0 Å². The fourth-order valence-electron chi connectivity index (χ4n) is 2.78. The number of likely N-dealkylation sites (tertiary alicyclic amines) is 1. The van der Waals surface area contributed by atoms with Gasteiger partial charge in [-0.25, -0.2) is 9.18 Å². The van der Waals surface area contributed by atoms with Crippen LogP contribution in [0.4, 0.5) is 4.39 Å². The summed E-state index contributed by atoms with van der Waals surface area (Å²) in [6, 6.07) is 8.56. The summed E-state index contributed by atoms with van der Waals surface area (Å²) in [5, 5.41) is 8.85. The zero-order valence-electron chi connectivity index (χ0n) is 11.7. The quantitative estimate of drug-likeness (QED) is 0.946. The van der Waals surface area contributed by atoms with Gasteiger partial charge in [0.1, 0.15) is 5.82 Å². The minimum atomic E-state index is -1.22. The molecule has 1 aliphatic rings. The number of halogens is 1. The lowest BCUT2D eigenvalue weighted by Crippen LogP contribution is -2.30. The maximum absolute atomic E-state index is 13.4. The van der Waals surface area contributed by atoms with Crippen LogP contribution in [-0.2, 0) is 0 Å². The minimum absolute atomic E-state index is 0.0132. The van der Waals surface area contributed by atoms with Gasteiger partial charge >= 0.3 is 5.97 Å². The summed E-state index contributed by atoms with van der Waals surface area (Å²) in [4.78, 5) is 24.9. The van der Waals surface area contributed by atoms with E-state index in [0.29, 0.717) is 6.54 Å². The highest BCUT2D eigenvalue weighted by atomic mass is 19.1. The predicted octanol–water partition coefficient (Wildman–Crippen LogP) is 3.09. The van der Waals surface area contributed by atoms with Crippen molar-refractivity contribution in [2.24, 2.45) is 0 Å². The van der Waals surface area contributed by atoms with Crippen molar-refractivity contribution in [1.29, 1.82) is 0 Å². The second-order valence-electron chi connectivity index (χ2n) is 5.18. The van der Waals surface area contributed by atoms with E-state index in [2.05, 4.69) is 0 Å². The third kappa shape index (κ3) is 2.59. The van der Waals surface area contributed by atoms with E-state index in [-0.39, 0.29) is 29.3 Å². The molecule has 0 radical (unpaired) electrons. The molecule has 6 heteroatoms. The molecule has 1 saturated heterocycles. The highest BCUT2D eigenvalue weighted by Gasteiger charge is 2.32. The zero-order chi connectivity index (χ0) is 15.7. The molecule has 5 nitrogen and oxygen atoms in total. The van der Waals surface area contributed by atoms with E-state index in [4.69, 9.17) is 9.52 Å². The number of carbonyl (C=O) groups is 2. The Labute approximate surface area is 126 Å². The van der Waals surface area contributed by atoms with Crippen LogP contribution in [0.1, 0.15) is 45.6 Å². The summed E-state index contributed by atoms with van der Waals surface area (Å²) >= 11 is 0. The number of nitrogens with zero attached hydrogens (tertiary/aromatic N) is 1. The van der Waals surface area contributed by atoms with Crippen LogP contribution in [0.2, 0.25) is 0 Å². The Bertz CT molecular complexity index is 724. The van der Waals surface area contributed by atoms with Crippen molar-refractivity contribution >= 4 is 11.9 Å². The van der Waals surface area contributed by atoms with Gasteiger partial charge in [-0.3, -0.25) is 4.79 Å². The number of benzene rings is 1. The van der Waals surface area contributed by atoms with Crippen molar-refractivity contribution in [1.82, 2.24) is 4.90 Å². The molecule has 1 aliphatic heterocycles. The molecule has 0 aliphatic carbocycles. The molecule has 1 aromatic carbocycles. The summed E-state index contributed by atoms with van der Waals surface area (Å²) in [6.45, 7) is 0.531. The third-order valence-electron chi connectivity index (χ3n) is 3.77. The molecule has 1 aromatic heterocycles. The molecule has 1 fully saturated rings. The van der Waals surface area contributed by atoms with Crippen molar-refractivity contribution < 1.29 is 23.5 Å². The Morgan fingerprint density at radius 1 is 1.23 bits per heavy atom. The van der Waals surface area contributed by atoms with E-state index >= 15 is 0 Å². The number of rotatable bonds is 3. The summed E-state index contributed by atoms with van der Waals surface area (Å²) in [6.07, 6.45) is 1.54. The van der Waals surface area contributed by atoms with Crippen molar-refractivity contribution in [3.05, 3.63) is 59.3 Å². The standard InChI is InChI=1S/C16H14FNO4/c17-11-4-1-3-10(9-11)12-5-2-8-18(12)15(19)13-6-7-14(22-13)16(20)21/h1,3-4,6-7,9,12H,2,5,8H2,(H,20,21)/t12-/m1/s1. The van der Waals surface area contributed by atoms with E-state index in [1.165, 1.54) is 24.3 Å². The first-order valence-electron chi connectivity index (χ1n) is 6.96. The SMILES string of the molecule is O=C(O)c1ccc(C(=O)N2CCC[C@@H]2c2cccc(F)c2)o1. The smallest absolute Gasteiger partial charge is 0.371 e. The average Bonchev–Trinajstić information content (AvgIpc) is 3.16. The maximum Gasteiger partial charge on any atom is 0.371 e. The molecule has 114 valence electrons. The van der Waals surface area contributed by atoms with Gasteiger partial charge in [0.15, 0.2) is 5.76 Å². The molecule has 2 heterocycles. The van der Waals surface area contributed by atoms with Gasteiger partial charge in [0.2, 0.25) is 5.76 Å². The summed E-state index contributed by atoms with van der Waals surface area (Å²) < 4.78 is 18.4. The Balaban J connectivity index is 1.86. The minimum Gasteiger partial charge on any atom is -0.475 e. The van der Waals surface area contributed by atoms with E-state index in [1.54, 1.807) is 17.0 Å². The van der Waals surface area contributed by atoms with Gasteiger partial charge in [0.05, 0.1) is 6.04 Å². The highest BCUT2D eigenvalue weighted by molar-refractivity contribution is 5.94. The summed E-state index contributed by atoms with van der Waals surface area (Å²) in [5.74, 6) is -2.23. The molecule has 0 spiro atoms. The number of carboxylic acids is 1. The lowest BCUT2D eigenvalue weighted by atomic mass is 10.0. The fraction of sp³-hybridized carbons (Fsp3) is 0.250. The molecule has 1 atom stereocenters. The molecule has 1 amide bonds. The predicted molar refractivity (Wildman–Crippen MR) is 75.1 cm³/mol. The first-order valence-corrected chi connectivity index (χ1v) is 6.96. The molecule has 1 N–H and O–H groups in total. The second-order valence-corrected chi connectivity index (χ2v) is 5.18. The number of amides is 1. The van der Waals surface area contributed by atoms with Crippen molar-refractivity contribution in [3.63, 3.8) is 0 Å². The Kier molecular flexibility index (Phi) is 3.66. The van der Waals surface area contributed by atoms with Gasteiger partial charge in [-0.2, -0.15) is 0 Å². The lowest BCUT2D eigenvalue weighted by molar-refractivity contribution is 0.0645. The van der Waals surface area contributed by atoms with Crippen molar-refractivity contribution in [2.75, 3.05) is 6.54 Å².